The van der Waals surface area contributed by atoms with Gasteiger partial charge in [-0.3, -0.25) is 19.4 Å². The summed E-state index contributed by atoms with van der Waals surface area (Å²) in [4.78, 5) is 30.8. The molecule has 0 radical (unpaired) electrons. The Kier molecular flexibility index (Phi) is 5.61. The SMILES string of the molecule is O=C1CC2(CCCC2)CC(=O)N1CCN1CCN(c2cc(Cl)ccc2F)CC1. The molecule has 3 aliphatic rings. The third-order valence-electron chi connectivity index (χ3n) is 6.58. The lowest BCUT2D eigenvalue weighted by Gasteiger charge is -2.39. The molecule has 2 amide bonds. The third-order valence-corrected chi connectivity index (χ3v) is 6.81. The van der Waals surface area contributed by atoms with Crippen LogP contribution in [0.2, 0.25) is 5.02 Å². The number of benzene rings is 1. The number of hydrogen-bond donors (Lipinski definition) is 0. The Bertz CT molecular complexity index is 738. The average molecular weight is 408 g/mol. The Morgan fingerprint density at radius 1 is 0.964 bits per heavy atom. The van der Waals surface area contributed by atoms with Crippen molar-refractivity contribution in [2.75, 3.05) is 44.2 Å². The van der Waals surface area contributed by atoms with Crippen LogP contribution in [0.4, 0.5) is 10.1 Å². The minimum Gasteiger partial charge on any atom is -0.367 e. The zero-order valence-corrected chi connectivity index (χ0v) is 16.9. The number of hydrogen-bond acceptors (Lipinski definition) is 4. The topological polar surface area (TPSA) is 43.9 Å². The van der Waals surface area contributed by atoms with Gasteiger partial charge in [0.2, 0.25) is 11.8 Å². The summed E-state index contributed by atoms with van der Waals surface area (Å²) in [6.07, 6.45) is 5.36. The maximum Gasteiger partial charge on any atom is 0.229 e. The highest BCUT2D eigenvalue weighted by atomic mass is 35.5. The zero-order chi connectivity index (χ0) is 19.7. The van der Waals surface area contributed by atoms with Gasteiger partial charge in [-0.25, -0.2) is 4.39 Å². The van der Waals surface area contributed by atoms with Gasteiger partial charge in [0, 0.05) is 57.1 Å². The van der Waals surface area contributed by atoms with E-state index in [2.05, 4.69) is 4.90 Å². The predicted octanol–water partition coefficient (Wildman–Crippen LogP) is 3.31. The van der Waals surface area contributed by atoms with Crippen LogP contribution in [0.5, 0.6) is 0 Å². The smallest absolute Gasteiger partial charge is 0.229 e. The summed E-state index contributed by atoms with van der Waals surface area (Å²) in [5, 5.41) is 0.529. The summed E-state index contributed by atoms with van der Waals surface area (Å²) in [6.45, 7) is 4.07. The number of piperidine rings is 1. The normalized spacial score (nSPS) is 23.1. The molecule has 3 fully saturated rings. The average Bonchev–Trinajstić information content (AvgIpc) is 3.11. The van der Waals surface area contributed by atoms with Gasteiger partial charge in [0.1, 0.15) is 5.82 Å². The van der Waals surface area contributed by atoms with E-state index in [1.54, 1.807) is 12.1 Å². The molecular formula is C21H27ClFN3O2. The molecule has 7 heteroatoms. The van der Waals surface area contributed by atoms with Crippen molar-refractivity contribution in [1.82, 2.24) is 9.80 Å². The second-order valence-electron chi connectivity index (χ2n) is 8.42. The molecule has 4 rings (SSSR count). The van der Waals surface area contributed by atoms with Crippen molar-refractivity contribution in [1.29, 1.82) is 0 Å². The van der Waals surface area contributed by atoms with Crippen LogP contribution in [0, 0.1) is 11.2 Å². The summed E-state index contributed by atoms with van der Waals surface area (Å²) < 4.78 is 14.1. The minimum atomic E-state index is -0.261. The molecule has 0 N–H and O–H groups in total. The Hall–Kier alpha value is -1.66. The molecule has 1 aliphatic carbocycles. The fourth-order valence-corrected chi connectivity index (χ4v) is 5.11. The molecule has 152 valence electrons. The van der Waals surface area contributed by atoms with E-state index in [0.29, 0.717) is 49.7 Å². The van der Waals surface area contributed by atoms with Gasteiger partial charge in [0.05, 0.1) is 5.69 Å². The number of nitrogens with zero attached hydrogens (tertiary/aromatic N) is 3. The summed E-state index contributed by atoms with van der Waals surface area (Å²) >= 11 is 6.00. The van der Waals surface area contributed by atoms with Gasteiger partial charge in [0.15, 0.2) is 0 Å². The van der Waals surface area contributed by atoms with E-state index in [0.717, 1.165) is 38.8 Å². The fourth-order valence-electron chi connectivity index (χ4n) is 4.94. The second-order valence-corrected chi connectivity index (χ2v) is 8.86. The van der Waals surface area contributed by atoms with Gasteiger partial charge >= 0.3 is 0 Å². The monoisotopic (exact) mass is 407 g/mol. The maximum atomic E-state index is 14.1. The second kappa shape index (κ2) is 7.99. The molecule has 2 saturated heterocycles. The van der Waals surface area contributed by atoms with Crippen molar-refractivity contribution in [3.63, 3.8) is 0 Å². The molecule has 0 atom stereocenters. The molecular weight excluding hydrogens is 381 g/mol. The molecule has 2 heterocycles. The lowest BCUT2D eigenvalue weighted by molar-refractivity contribution is -0.153. The van der Waals surface area contributed by atoms with Crippen molar-refractivity contribution in [3.05, 3.63) is 29.0 Å². The number of imide groups is 1. The van der Waals surface area contributed by atoms with Crippen molar-refractivity contribution in [3.8, 4) is 0 Å². The first-order chi connectivity index (χ1) is 13.5. The molecule has 0 aromatic heterocycles. The molecule has 1 spiro atoms. The molecule has 0 unspecified atom stereocenters. The predicted molar refractivity (Wildman–Crippen MR) is 107 cm³/mol. The van der Waals surface area contributed by atoms with E-state index in [-0.39, 0.29) is 23.0 Å². The van der Waals surface area contributed by atoms with Gasteiger partial charge in [-0.15, -0.1) is 0 Å². The number of carbonyl (C=O) groups excluding carboxylic acids is 2. The zero-order valence-electron chi connectivity index (χ0n) is 16.1. The van der Waals surface area contributed by atoms with Crippen LogP contribution in [-0.4, -0.2) is 60.9 Å². The van der Waals surface area contributed by atoms with Gasteiger partial charge < -0.3 is 4.90 Å². The number of likely N-dealkylation sites (tertiary alicyclic amines) is 1. The quantitative estimate of drug-likeness (QED) is 0.718. The van der Waals surface area contributed by atoms with Gasteiger partial charge in [-0.2, -0.15) is 0 Å². The van der Waals surface area contributed by atoms with Crippen molar-refractivity contribution in [2.45, 2.75) is 38.5 Å². The fraction of sp³-hybridized carbons (Fsp3) is 0.619. The van der Waals surface area contributed by atoms with Crippen LogP contribution in [0.1, 0.15) is 38.5 Å². The molecule has 5 nitrogen and oxygen atoms in total. The molecule has 0 bridgehead atoms. The van der Waals surface area contributed by atoms with Crippen LogP contribution in [0.3, 0.4) is 0 Å². The van der Waals surface area contributed by atoms with E-state index in [1.807, 2.05) is 4.90 Å². The highest BCUT2D eigenvalue weighted by Crippen LogP contribution is 2.46. The lowest BCUT2D eigenvalue weighted by Crippen LogP contribution is -2.52. The van der Waals surface area contributed by atoms with Crippen LogP contribution >= 0.6 is 11.6 Å². The van der Waals surface area contributed by atoms with Crippen molar-refractivity contribution in [2.24, 2.45) is 5.41 Å². The first-order valence-corrected chi connectivity index (χ1v) is 10.6. The number of carbonyl (C=O) groups is 2. The van der Waals surface area contributed by atoms with Gasteiger partial charge in [-0.05, 0) is 36.5 Å². The van der Waals surface area contributed by atoms with Gasteiger partial charge in [-0.1, -0.05) is 24.4 Å². The largest absolute Gasteiger partial charge is 0.367 e. The standard InChI is InChI=1S/C21H27ClFN3O2/c22-16-3-4-17(23)18(13-16)25-10-7-24(8-11-25)9-12-26-19(27)14-21(15-20(26)28)5-1-2-6-21/h3-4,13H,1-2,5-12,14-15H2. The van der Waals surface area contributed by atoms with Crippen molar-refractivity contribution >= 4 is 29.1 Å². The number of halogens is 2. The summed E-state index contributed by atoms with van der Waals surface area (Å²) in [7, 11) is 0. The molecule has 1 saturated carbocycles. The Labute approximate surface area is 170 Å². The first kappa shape index (κ1) is 19.6. The lowest BCUT2D eigenvalue weighted by atomic mass is 9.76. The third kappa shape index (κ3) is 4.03. The van der Waals surface area contributed by atoms with E-state index < -0.39 is 0 Å². The van der Waals surface area contributed by atoms with Crippen LogP contribution < -0.4 is 4.90 Å². The number of anilines is 1. The maximum absolute atomic E-state index is 14.1. The minimum absolute atomic E-state index is 0.00205. The molecule has 2 aliphatic heterocycles. The molecule has 1 aromatic rings. The number of amides is 2. The summed E-state index contributed by atoms with van der Waals surface area (Å²) in [5.41, 5.74) is 0.493. The van der Waals surface area contributed by atoms with Gasteiger partial charge in [0.25, 0.3) is 0 Å². The molecule has 28 heavy (non-hydrogen) atoms. The Morgan fingerprint density at radius 3 is 2.25 bits per heavy atom. The van der Waals surface area contributed by atoms with E-state index in [4.69, 9.17) is 11.6 Å². The number of rotatable bonds is 4. The van der Waals surface area contributed by atoms with E-state index in [9.17, 15) is 14.0 Å². The molecule has 1 aromatic carbocycles. The number of piperazine rings is 1. The first-order valence-electron chi connectivity index (χ1n) is 10.2. The Morgan fingerprint density at radius 2 is 1.61 bits per heavy atom. The highest BCUT2D eigenvalue weighted by molar-refractivity contribution is 6.30. The van der Waals surface area contributed by atoms with Crippen molar-refractivity contribution < 1.29 is 14.0 Å². The van der Waals surface area contributed by atoms with Crippen LogP contribution in [0.15, 0.2) is 18.2 Å². The van der Waals surface area contributed by atoms with Crippen LogP contribution in [0.25, 0.3) is 0 Å². The summed E-state index contributed by atoms with van der Waals surface area (Å²) in [5.74, 6) is -0.265. The highest BCUT2D eigenvalue weighted by Gasteiger charge is 2.44. The van der Waals surface area contributed by atoms with Crippen LogP contribution in [-0.2, 0) is 9.59 Å². The Balaban J connectivity index is 1.28. The van der Waals surface area contributed by atoms with E-state index in [1.165, 1.54) is 11.0 Å². The summed E-state index contributed by atoms with van der Waals surface area (Å²) in [6, 6.07) is 4.62. The van der Waals surface area contributed by atoms with E-state index >= 15 is 0 Å².